The van der Waals surface area contributed by atoms with Crippen LogP contribution >= 0.6 is 11.6 Å². The Labute approximate surface area is 162 Å². The molecule has 0 amide bonds. The van der Waals surface area contributed by atoms with Crippen LogP contribution in [0.4, 0.5) is 5.69 Å². The Morgan fingerprint density at radius 2 is 1.69 bits per heavy atom. The Bertz CT molecular complexity index is 658. The number of unbranched alkanes of at least 4 members (excludes halogenated alkanes) is 6. The Morgan fingerprint density at radius 1 is 0.962 bits per heavy atom. The first-order valence-corrected chi connectivity index (χ1v) is 9.94. The van der Waals surface area contributed by atoms with Crippen LogP contribution < -0.4 is 10.2 Å². The second-order valence-electron chi connectivity index (χ2n) is 6.39. The van der Waals surface area contributed by atoms with Crippen LogP contribution in [-0.2, 0) is 0 Å². The minimum atomic E-state index is 0.640. The second-order valence-corrected chi connectivity index (χ2v) is 6.80. The molecule has 2 aromatic carbocycles. The van der Waals surface area contributed by atoms with Gasteiger partial charge >= 0.3 is 0 Å². The van der Waals surface area contributed by atoms with Crippen molar-refractivity contribution in [2.75, 3.05) is 12.0 Å². The highest BCUT2D eigenvalue weighted by Gasteiger charge is 2.01. The first-order valence-electron chi connectivity index (χ1n) is 9.56. The van der Waals surface area contributed by atoms with Crippen LogP contribution in [0.2, 0.25) is 5.02 Å². The van der Waals surface area contributed by atoms with E-state index in [0.717, 1.165) is 30.0 Å². The number of rotatable bonds is 12. The summed E-state index contributed by atoms with van der Waals surface area (Å²) in [6.07, 6.45) is 10.7. The van der Waals surface area contributed by atoms with Gasteiger partial charge in [-0.1, -0.05) is 75.2 Å². The van der Waals surface area contributed by atoms with Crippen LogP contribution in [0, 0.1) is 0 Å². The van der Waals surface area contributed by atoms with Gasteiger partial charge in [0.25, 0.3) is 0 Å². The van der Waals surface area contributed by atoms with E-state index in [1.165, 1.54) is 38.5 Å². The van der Waals surface area contributed by atoms with Crippen LogP contribution in [0.15, 0.2) is 53.6 Å². The summed E-state index contributed by atoms with van der Waals surface area (Å²) in [4.78, 5) is 0. The van der Waals surface area contributed by atoms with E-state index in [4.69, 9.17) is 16.3 Å². The highest BCUT2D eigenvalue weighted by Crippen LogP contribution is 2.22. The second kappa shape index (κ2) is 12.4. The summed E-state index contributed by atoms with van der Waals surface area (Å²) in [6.45, 7) is 2.99. The van der Waals surface area contributed by atoms with E-state index in [9.17, 15) is 0 Å². The van der Waals surface area contributed by atoms with Crippen molar-refractivity contribution >= 4 is 23.5 Å². The molecule has 4 heteroatoms. The molecule has 0 aliphatic carbocycles. The largest absolute Gasteiger partial charge is 0.494 e. The summed E-state index contributed by atoms with van der Waals surface area (Å²) in [5, 5.41) is 4.86. The summed E-state index contributed by atoms with van der Waals surface area (Å²) in [6, 6.07) is 15.5. The van der Waals surface area contributed by atoms with E-state index < -0.39 is 0 Å². The molecule has 0 aliphatic heterocycles. The number of hydrogen-bond donors (Lipinski definition) is 1. The standard InChI is InChI=1S/C22H29ClN2O/c1-2-3-4-5-6-7-11-16-26-21-15-14-19(22(23)17-21)18-24-25-20-12-9-8-10-13-20/h8-10,12-15,17-18,25H,2-7,11,16H2,1H3/b24-18+. The molecule has 0 unspecified atom stereocenters. The molecule has 0 saturated heterocycles. The van der Waals surface area contributed by atoms with Crippen LogP contribution in [0.1, 0.15) is 57.4 Å². The molecule has 0 bridgehead atoms. The van der Waals surface area contributed by atoms with Gasteiger partial charge in [-0.3, -0.25) is 5.43 Å². The van der Waals surface area contributed by atoms with E-state index in [1.807, 2.05) is 48.5 Å². The van der Waals surface area contributed by atoms with Gasteiger partial charge in [0.2, 0.25) is 0 Å². The summed E-state index contributed by atoms with van der Waals surface area (Å²) in [5.41, 5.74) is 4.78. The summed E-state index contributed by atoms with van der Waals surface area (Å²) in [5.74, 6) is 0.814. The lowest BCUT2D eigenvalue weighted by Gasteiger charge is -2.08. The fourth-order valence-corrected chi connectivity index (χ4v) is 2.86. The molecule has 0 radical (unpaired) electrons. The van der Waals surface area contributed by atoms with E-state index in [-0.39, 0.29) is 0 Å². The Hall–Kier alpha value is -2.00. The average molecular weight is 373 g/mol. The van der Waals surface area contributed by atoms with Gasteiger partial charge in [-0.25, -0.2) is 0 Å². The van der Waals surface area contributed by atoms with Crippen molar-refractivity contribution in [1.29, 1.82) is 0 Å². The predicted molar refractivity (Wildman–Crippen MR) is 113 cm³/mol. The minimum absolute atomic E-state index is 0.640. The molecule has 3 nitrogen and oxygen atoms in total. The number of hydrogen-bond acceptors (Lipinski definition) is 3. The molecular formula is C22H29ClN2O. The highest BCUT2D eigenvalue weighted by molar-refractivity contribution is 6.33. The van der Waals surface area contributed by atoms with Crippen molar-refractivity contribution < 1.29 is 4.74 Å². The number of anilines is 1. The predicted octanol–water partition coefficient (Wildman–Crippen LogP) is 6.92. The monoisotopic (exact) mass is 372 g/mol. The Kier molecular flexibility index (Phi) is 9.66. The molecule has 0 heterocycles. The van der Waals surface area contributed by atoms with Crippen LogP contribution in [0.25, 0.3) is 0 Å². The number of nitrogens with one attached hydrogen (secondary N) is 1. The number of hydrazone groups is 1. The van der Waals surface area contributed by atoms with Crippen molar-refractivity contribution in [3.63, 3.8) is 0 Å². The van der Waals surface area contributed by atoms with Gasteiger partial charge in [0.05, 0.1) is 23.5 Å². The van der Waals surface area contributed by atoms with Gasteiger partial charge in [0.15, 0.2) is 0 Å². The first kappa shape index (κ1) is 20.3. The lowest BCUT2D eigenvalue weighted by Crippen LogP contribution is -1.98. The maximum atomic E-state index is 6.32. The fraction of sp³-hybridized carbons (Fsp3) is 0.409. The SMILES string of the molecule is CCCCCCCCCOc1ccc(/C=N/Nc2ccccc2)c(Cl)c1. The zero-order valence-corrected chi connectivity index (χ0v) is 16.3. The van der Waals surface area contributed by atoms with E-state index in [0.29, 0.717) is 5.02 Å². The number of para-hydroxylation sites is 1. The smallest absolute Gasteiger partial charge is 0.120 e. The normalized spacial score (nSPS) is 11.0. The third-order valence-electron chi connectivity index (χ3n) is 4.16. The maximum absolute atomic E-state index is 6.32. The van der Waals surface area contributed by atoms with Gasteiger partial charge in [0.1, 0.15) is 5.75 Å². The van der Waals surface area contributed by atoms with Crippen molar-refractivity contribution in [2.24, 2.45) is 5.10 Å². The van der Waals surface area contributed by atoms with E-state index in [2.05, 4.69) is 17.5 Å². The fourth-order valence-electron chi connectivity index (χ4n) is 2.64. The quantitative estimate of drug-likeness (QED) is 0.249. The van der Waals surface area contributed by atoms with E-state index >= 15 is 0 Å². The number of ether oxygens (including phenoxy) is 1. The summed E-state index contributed by atoms with van der Waals surface area (Å²) >= 11 is 6.32. The molecule has 0 aliphatic rings. The van der Waals surface area contributed by atoms with Gasteiger partial charge < -0.3 is 4.74 Å². The van der Waals surface area contributed by atoms with Crippen LogP contribution in [0.3, 0.4) is 0 Å². The lowest BCUT2D eigenvalue weighted by molar-refractivity contribution is 0.304. The Morgan fingerprint density at radius 3 is 2.42 bits per heavy atom. The molecule has 140 valence electrons. The molecule has 0 atom stereocenters. The molecule has 0 spiro atoms. The molecule has 26 heavy (non-hydrogen) atoms. The highest BCUT2D eigenvalue weighted by atomic mass is 35.5. The molecule has 0 saturated carbocycles. The molecule has 0 aromatic heterocycles. The zero-order chi connectivity index (χ0) is 18.5. The van der Waals surface area contributed by atoms with Crippen LogP contribution in [0.5, 0.6) is 5.75 Å². The van der Waals surface area contributed by atoms with Gasteiger partial charge in [-0.15, -0.1) is 0 Å². The topological polar surface area (TPSA) is 33.6 Å². The number of halogens is 1. The molecule has 0 fully saturated rings. The molecule has 2 rings (SSSR count). The third kappa shape index (κ3) is 7.92. The minimum Gasteiger partial charge on any atom is -0.494 e. The van der Waals surface area contributed by atoms with Gasteiger partial charge in [-0.2, -0.15) is 5.10 Å². The summed E-state index contributed by atoms with van der Waals surface area (Å²) < 4.78 is 5.80. The number of benzene rings is 2. The van der Waals surface area contributed by atoms with Crippen LogP contribution in [-0.4, -0.2) is 12.8 Å². The molecular weight excluding hydrogens is 344 g/mol. The third-order valence-corrected chi connectivity index (χ3v) is 4.49. The van der Waals surface area contributed by atoms with Crippen molar-refractivity contribution in [1.82, 2.24) is 0 Å². The Balaban J connectivity index is 1.69. The van der Waals surface area contributed by atoms with Crippen molar-refractivity contribution in [3.8, 4) is 5.75 Å². The molecule has 2 aromatic rings. The van der Waals surface area contributed by atoms with Crippen molar-refractivity contribution in [2.45, 2.75) is 51.9 Å². The summed E-state index contributed by atoms with van der Waals surface area (Å²) in [7, 11) is 0. The average Bonchev–Trinajstić information content (AvgIpc) is 2.66. The maximum Gasteiger partial charge on any atom is 0.120 e. The van der Waals surface area contributed by atoms with E-state index in [1.54, 1.807) is 6.21 Å². The lowest BCUT2D eigenvalue weighted by atomic mass is 10.1. The zero-order valence-electron chi connectivity index (χ0n) is 15.6. The van der Waals surface area contributed by atoms with Gasteiger partial charge in [0, 0.05) is 5.56 Å². The van der Waals surface area contributed by atoms with Gasteiger partial charge in [-0.05, 0) is 36.8 Å². The molecule has 1 N–H and O–H groups in total. The first-order chi connectivity index (χ1) is 12.8. The number of nitrogens with zero attached hydrogens (tertiary/aromatic N) is 1. The van der Waals surface area contributed by atoms with Crippen molar-refractivity contribution in [3.05, 3.63) is 59.1 Å².